The highest BCUT2D eigenvalue weighted by Crippen LogP contribution is 2.55. The van der Waals surface area contributed by atoms with Gasteiger partial charge in [-0.05, 0) is 6.42 Å². The molecular formula is C11H15ClF6N2O2. The number of nitrogens with zero attached hydrogens (tertiary/aromatic N) is 1. The molecule has 0 bridgehead atoms. The topological polar surface area (TPSA) is 41.6 Å². The summed E-state index contributed by atoms with van der Waals surface area (Å²) < 4.78 is 82.4. The highest BCUT2D eigenvalue weighted by molar-refractivity contribution is 5.85. The monoisotopic (exact) mass is 356 g/mol. The van der Waals surface area contributed by atoms with Crippen LogP contribution in [0.3, 0.4) is 0 Å². The first kappa shape index (κ1) is 19.3. The van der Waals surface area contributed by atoms with Gasteiger partial charge < -0.3 is 15.0 Å². The lowest BCUT2D eigenvalue weighted by Crippen LogP contribution is -2.54. The van der Waals surface area contributed by atoms with Crippen LogP contribution in [0.25, 0.3) is 0 Å². The molecule has 2 fully saturated rings. The van der Waals surface area contributed by atoms with Crippen molar-refractivity contribution in [3.05, 3.63) is 0 Å². The van der Waals surface area contributed by atoms with E-state index in [1.165, 1.54) is 0 Å². The summed E-state index contributed by atoms with van der Waals surface area (Å²) in [6.07, 6.45) is -13.1. The number of ether oxygens (including phenoxy) is 1. The SMILES string of the molecule is Cl.O=C(C1CNCCO1)N1CCC(C(F)(F)F)(C(F)(F)F)C1. The van der Waals surface area contributed by atoms with Gasteiger partial charge in [-0.25, -0.2) is 0 Å². The van der Waals surface area contributed by atoms with Gasteiger partial charge in [-0.15, -0.1) is 12.4 Å². The Labute approximate surface area is 128 Å². The van der Waals surface area contributed by atoms with Crippen molar-refractivity contribution in [2.24, 2.45) is 5.41 Å². The van der Waals surface area contributed by atoms with E-state index in [2.05, 4.69) is 5.32 Å². The Morgan fingerprint density at radius 3 is 2.18 bits per heavy atom. The average Bonchev–Trinajstić information content (AvgIpc) is 2.84. The van der Waals surface area contributed by atoms with E-state index in [1.54, 1.807) is 0 Å². The van der Waals surface area contributed by atoms with Crippen molar-refractivity contribution >= 4 is 18.3 Å². The lowest BCUT2D eigenvalue weighted by molar-refractivity contribution is -0.335. The van der Waals surface area contributed by atoms with Crippen LogP contribution in [0, 0.1) is 5.41 Å². The summed E-state index contributed by atoms with van der Waals surface area (Å²) in [5, 5.41) is 2.80. The van der Waals surface area contributed by atoms with Crippen LogP contribution in [-0.4, -0.2) is 62.0 Å². The smallest absolute Gasteiger partial charge is 0.366 e. The number of morpholine rings is 1. The maximum atomic E-state index is 12.9. The number of amides is 1. The molecule has 2 heterocycles. The van der Waals surface area contributed by atoms with Gasteiger partial charge in [0.2, 0.25) is 0 Å². The van der Waals surface area contributed by atoms with E-state index in [-0.39, 0.29) is 25.6 Å². The van der Waals surface area contributed by atoms with Crippen molar-refractivity contribution in [1.29, 1.82) is 0 Å². The zero-order chi connectivity index (χ0) is 15.9. The molecule has 1 atom stereocenters. The fourth-order valence-electron chi connectivity index (χ4n) is 2.55. The predicted molar refractivity (Wildman–Crippen MR) is 65.6 cm³/mol. The second-order valence-electron chi connectivity index (χ2n) is 5.15. The first-order chi connectivity index (χ1) is 9.58. The molecular weight excluding hydrogens is 342 g/mol. The first-order valence-corrected chi connectivity index (χ1v) is 6.33. The highest BCUT2D eigenvalue weighted by Gasteiger charge is 2.73. The predicted octanol–water partition coefficient (Wildman–Crippen LogP) is 1.74. The standard InChI is InChI=1S/C11H14F6N2O2.ClH/c12-10(13,14)9(11(15,16)17)1-3-19(6-9)8(20)7-5-18-2-4-21-7;/h7,18H,1-6H2;1H. The summed E-state index contributed by atoms with van der Waals surface area (Å²) >= 11 is 0. The van der Waals surface area contributed by atoms with Crippen LogP contribution in [-0.2, 0) is 9.53 Å². The van der Waals surface area contributed by atoms with Gasteiger partial charge in [-0.2, -0.15) is 26.3 Å². The summed E-state index contributed by atoms with van der Waals surface area (Å²) in [6.45, 7) is -1.23. The Morgan fingerprint density at radius 2 is 1.77 bits per heavy atom. The van der Waals surface area contributed by atoms with E-state index >= 15 is 0 Å². The van der Waals surface area contributed by atoms with Gasteiger partial charge in [0.25, 0.3) is 5.91 Å². The van der Waals surface area contributed by atoms with E-state index in [1.807, 2.05) is 0 Å². The van der Waals surface area contributed by atoms with Gasteiger partial charge >= 0.3 is 12.4 Å². The van der Waals surface area contributed by atoms with Crippen molar-refractivity contribution in [2.45, 2.75) is 24.9 Å². The molecule has 130 valence electrons. The van der Waals surface area contributed by atoms with Crippen LogP contribution >= 0.6 is 12.4 Å². The zero-order valence-electron chi connectivity index (χ0n) is 11.3. The van der Waals surface area contributed by atoms with Gasteiger partial charge in [-0.3, -0.25) is 4.79 Å². The van der Waals surface area contributed by atoms with Gasteiger partial charge in [0.1, 0.15) is 6.10 Å². The van der Waals surface area contributed by atoms with Crippen molar-refractivity contribution in [1.82, 2.24) is 10.2 Å². The van der Waals surface area contributed by atoms with E-state index in [0.29, 0.717) is 11.4 Å². The Bertz CT molecular complexity index is 394. The molecule has 2 aliphatic rings. The van der Waals surface area contributed by atoms with E-state index in [4.69, 9.17) is 4.74 Å². The van der Waals surface area contributed by atoms with E-state index in [9.17, 15) is 31.1 Å². The molecule has 4 nitrogen and oxygen atoms in total. The van der Waals surface area contributed by atoms with Gasteiger partial charge in [0.05, 0.1) is 6.61 Å². The highest BCUT2D eigenvalue weighted by atomic mass is 35.5. The molecule has 2 rings (SSSR count). The average molecular weight is 357 g/mol. The molecule has 0 spiro atoms. The molecule has 22 heavy (non-hydrogen) atoms. The largest absolute Gasteiger partial charge is 0.404 e. The molecule has 0 aromatic heterocycles. The van der Waals surface area contributed by atoms with E-state index in [0.717, 1.165) is 0 Å². The minimum Gasteiger partial charge on any atom is -0.366 e. The third-order valence-electron chi connectivity index (χ3n) is 3.87. The van der Waals surface area contributed by atoms with Gasteiger partial charge in [-0.1, -0.05) is 0 Å². The lowest BCUT2D eigenvalue weighted by Gasteiger charge is -2.34. The number of alkyl halides is 6. The van der Waals surface area contributed by atoms with Crippen LogP contribution in [0.4, 0.5) is 26.3 Å². The number of hydrogen-bond donors (Lipinski definition) is 1. The Kier molecular flexibility index (Phi) is 5.62. The zero-order valence-corrected chi connectivity index (χ0v) is 12.1. The molecule has 11 heteroatoms. The van der Waals surface area contributed by atoms with Crippen LogP contribution in [0.5, 0.6) is 0 Å². The number of nitrogens with one attached hydrogen (secondary N) is 1. The third-order valence-corrected chi connectivity index (χ3v) is 3.87. The number of halogens is 7. The lowest BCUT2D eigenvalue weighted by atomic mass is 9.85. The summed E-state index contributed by atoms with van der Waals surface area (Å²) in [6, 6.07) is 0. The molecule has 1 unspecified atom stereocenters. The first-order valence-electron chi connectivity index (χ1n) is 6.33. The molecule has 1 N–H and O–H groups in total. The maximum Gasteiger partial charge on any atom is 0.404 e. The molecule has 0 aromatic rings. The number of hydrogen-bond acceptors (Lipinski definition) is 3. The maximum absolute atomic E-state index is 12.9. The number of rotatable bonds is 1. The second kappa shape index (κ2) is 6.40. The van der Waals surface area contributed by atoms with Crippen LogP contribution < -0.4 is 5.32 Å². The van der Waals surface area contributed by atoms with E-state index < -0.39 is 49.3 Å². The minimum atomic E-state index is -5.45. The fourth-order valence-corrected chi connectivity index (χ4v) is 2.55. The third kappa shape index (κ3) is 3.28. The van der Waals surface area contributed by atoms with Crippen molar-refractivity contribution in [3.63, 3.8) is 0 Å². The quantitative estimate of drug-likeness (QED) is 0.728. The minimum absolute atomic E-state index is 0. The van der Waals surface area contributed by atoms with Gasteiger partial charge in [0.15, 0.2) is 5.41 Å². The van der Waals surface area contributed by atoms with Crippen molar-refractivity contribution in [3.8, 4) is 0 Å². The second-order valence-corrected chi connectivity index (χ2v) is 5.15. The molecule has 2 aliphatic heterocycles. The molecule has 0 aliphatic carbocycles. The van der Waals surface area contributed by atoms with Gasteiger partial charge in [0, 0.05) is 26.2 Å². The summed E-state index contributed by atoms with van der Waals surface area (Å²) in [5.74, 6) is -0.836. The number of carbonyl (C=O) groups excluding carboxylic acids is 1. The van der Waals surface area contributed by atoms with Crippen molar-refractivity contribution in [2.75, 3.05) is 32.8 Å². The van der Waals surface area contributed by atoms with Crippen LogP contribution in [0.2, 0.25) is 0 Å². The summed E-state index contributed by atoms with van der Waals surface area (Å²) in [4.78, 5) is 12.6. The fraction of sp³-hybridized carbons (Fsp3) is 0.909. The van der Waals surface area contributed by atoms with Crippen molar-refractivity contribution < 1.29 is 35.9 Å². The molecule has 0 radical (unpaired) electrons. The molecule has 0 aromatic carbocycles. The Hall–Kier alpha value is -0.740. The number of likely N-dealkylation sites (tertiary alicyclic amines) is 1. The molecule has 0 saturated carbocycles. The Balaban J connectivity index is 0.00000242. The normalized spacial score (nSPS) is 25.7. The number of carbonyl (C=O) groups is 1. The molecule has 1 amide bonds. The van der Waals surface area contributed by atoms with Crippen LogP contribution in [0.15, 0.2) is 0 Å². The Morgan fingerprint density at radius 1 is 1.18 bits per heavy atom. The summed E-state index contributed by atoms with van der Waals surface area (Å²) in [5.41, 5.74) is -3.85. The molecule has 2 saturated heterocycles. The van der Waals surface area contributed by atoms with Crippen LogP contribution in [0.1, 0.15) is 6.42 Å². The summed E-state index contributed by atoms with van der Waals surface area (Å²) in [7, 11) is 0.